The van der Waals surface area contributed by atoms with Gasteiger partial charge in [-0.15, -0.1) is 0 Å². The van der Waals surface area contributed by atoms with Crippen LogP contribution in [0.3, 0.4) is 0 Å². The van der Waals surface area contributed by atoms with Crippen LogP contribution in [-0.2, 0) is 4.79 Å². The molecule has 0 saturated carbocycles. The van der Waals surface area contributed by atoms with E-state index in [1.165, 1.54) is 5.56 Å². The molecule has 0 aliphatic rings. The maximum absolute atomic E-state index is 11.0. The molecule has 106 valence electrons. The van der Waals surface area contributed by atoms with Crippen LogP contribution in [-0.4, -0.2) is 24.2 Å². The number of rotatable bonds is 8. The van der Waals surface area contributed by atoms with Crippen molar-refractivity contribution in [3.63, 3.8) is 0 Å². The summed E-state index contributed by atoms with van der Waals surface area (Å²) in [6.07, 6.45) is 1.55. The van der Waals surface area contributed by atoms with Crippen LogP contribution in [0.15, 0.2) is 24.3 Å². The van der Waals surface area contributed by atoms with Crippen LogP contribution < -0.4 is 10.1 Å². The van der Waals surface area contributed by atoms with Gasteiger partial charge in [0.15, 0.2) is 6.10 Å². The number of nitrogens with one attached hydrogen (secondary N) is 1. The maximum atomic E-state index is 11.0. The number of ether oxygens (including phenoxy) is 1. The van der Waals surface area contributed by atoms with Crippen molar-refractivity contribution in [2.24, 2.45) is 0 Å². The fraction of sp³-hybridized carbons (Fsp3) is 0.533. The molecule has 2 atom stereocenters. The third kappa shape index (κ3) is 4.56. The highest BCUT2D eigenvalue weighted by molar-refractivity contribution is 5.72. The van der Waals surface area contributed by atoms with Crippen LogP contribution in [0.2, 0.25) is 0 Å². The molecular formula is C15H23NO3. The highest BCUT2D eigenvalue weighted by Gasteiger charge is 2.18. The predicted octanol–water partition coefficient (Wildman–Crippen LogP) is 2.99. The molecule has 1 aromatic carbocycles. The molecule has 19 heavy (non-hydrogen) atoms. The van der Waals surface area contributed by atoms with E-state index in [4.69, 9.17) is 9.84 Å². The fourth-order valence-electron chi connectivity index (χ4n) is 2.04. The molecule has 0 heterocycles. The molecule has 0 aromatic heterocycles. The van der Waals surface area contributed by atoms with Crippen molar-refractivity contribution in [2.45, 2.75) is 45.3 Å². The largest absolute Gasteiger partial charge is 0.479 e. The Morgan fingerprint density at radius 3 is 2.37 bits per heavy atom. The lowest BCUT2D eigenvalue weighted by Gasteiger charge is -2.17. The van der Waals surface area contributed by atoms with E-state index < -0.39 is 12.1 Å². The van der Waals surface area contributed by atoms with Gasteiger partial charge in [-0.05, 0) is 37.6 Å². The van der Waals surface area contributed by atoms with Crippen molar-refractivity contribution in [1.29, 1.82) is 0 Å². The van der Waals surface area contributed by atoms with E-state index >= 15 is 0 Å². The Bertz CT molecular complexity index is 385. The standard InChI is InChI=1S/C15H23NO3/c1-4-6-14(15(17)18)19-12-9-7-11(8-10-12)13(5-2)16-3/h7-10,13-14,16H,4-6H2,1-3H3,(H,17,18). The smallest absolute Gasteiger partial charge is 0.344 e. The average molecular weight is 265 g/mol. The first-order valence-electron chi connectivity index (χ1n) is 6.79. The highest BCUT2D eigenvalue weighted by atomic mass is 16.5. The van der Waals surface area contributed by atoms with Crippen molar-refractivity contribution in [3.8, 4) is 5.75 Å². The molecule has 0 bridgehead atoms. The molecule has 0 spiro atoms. The first kappa shape index (κ1) is 15.5. The second kappa shape index (κ2) is 7.79. The minimum atomic E-state index is -0.910. The molecular weight excluding hydrogens is 242 g/mol. The van der Waals surface area contributed by atoms with Gasteiger partial charge >= 0.3 is 5.97 Å². The molecule has 4 heteroatoms. The molecule has 0 amide bonds. The highest BCUT2D eigenvalue weighted by Crippen LogP contribution is 2.21. The zero-order valence-electron chi connectivity index (χ0n) is 11.8. The van der Waals surface area contributed by atoms with Gasteiger partial charge in [0, 0.05) is 6.04 Å². The normalized spacial score (nSPS) is 13.8. The molecule has 0 aliphatic carbocycles. The Morgan fingerprint density at radius 2 is 1.95 bits per heavy atom. The molecule has 2 unspecified atom stereocenters. The van der Waals surface area contributed by atoms with Crippen LogP contribution >= 0.6 is 0 Å². The Labute approximate surface area is 114 Å². The van der Waals surface area contributed by atoms with Gasteiger partial charge in [0.2, 0.25) is 0 Å². The van der Waals surface area contributed by atoms with E-state index in [-0.39, 0.29) is 0 Å². The maximum Gasteiger partial charge on any atom is 0.344 e. The third-order valence-electron chi connectivity index (χ3n) is 3.14. The first-order valence-corrected chi connectivity index (χ1v) is 6.79. The Hall–Kier alpha value is -1.55. The average Bonchev–Trinajstić information content (AvgIpc) is 2.41. The van der Waals surface area contributed by atoms with E-state index in [2.05, 4.69) is 12.2 Å². The number of carboxylic acid groups (broad SMARTS) is 1. The number of carbonyl (C=O) groups is 1. The molecule has 0 saturated heterocycles. The second-order valence-electron chi connectivity index (χ2n) is 4.55. The molecule has 0 radical (unpaired) electrons. The van der Waals surface area contributed by atoms with Gasteiger partial charge in [-0.25, -0.2) is 4.79 Å². The molecule has 1 aromatic rings. The summed E-state index contributed by atoms with van der Waals surface area (Å²) in [6, 6.07) is 7.94. The summed E-state index contributed by atoms with van der Waals surface area (Å²) < 4.78 is 5.50. The van der Waals surface area contributed by atoms with Gasteiger partial charge in [0.25, 0.3) is 0 Å². The minimum Gasteiger partial charge on any atom is -0.479 e. The summed E-state index contributed by atoms with van der Waals surface area (Å²) in [7, 11) is 1.93. The van der Waals surface area contributed by atoms with Crippen LogP contribution in [0, 0.1) is 0 Å². The zero-order chi connectivity index (χ0) is 14.3. The number of hydrogen-bond donors (Lipinski definition) is 2. The predicted molar refractivity (Wildman–Crippen MR) is 75.5 cm³/mol. The monoisotopic (exact) mass is 265 g/mol. The lowest BCUT2D eigenvalue weighted by molar-refractivity contribution is -0.145. The molecule has 1 rings (SSSR count). The quantitative estimate of drug-likeness (QED) is 0.758. The van der Waals surface area contributed by atoms with Crippen molar-refractivity contribution in [2.75, 3.05) is 7.05 Å². The number of aliphatic carboxylic acids is 1. The van der Waals surface area contributed by atoms with Crippen LogP contribution in [0.25, 0.3) is 0 Å². The number of benzene rings is 1. The molecule has 4 nitrogen and oxygen atoms in total. The van der Waals surface area contributed by atoms with Gasteiger partial charge in [-0.3, -0.25) is 0 Å². The van der Waals surface area contributed by atoms with Crippen molar-refractivity contribution < 1.29 is 14.6 Å². The van der Waals surface area contributed by atoms with Gasteiger partial charge in [-0.2, -0.15) is 0 Å². The Kier molecular flexibility index (Phi) is 6.36. The van der Waals surface area contributed by atoms with Crippen LogP contribution in [0.5, 0.6) is 5.75 Å². The van der Waals surface area contributed by atoms with E-state index in [1.807, 2.05) is 38.2 Å². The molecule has 2 N–H and O–H groups in total. The first-order chi connectivity index (χ1) is 9.12. The number of hydrogen-bond acceptors (Lipinski definition) is 3. The van der Waals surface area contributed by atoms with Gasteiger partial charge in [-0.1, -0.05) is 32.4 Å². The Morgan fingerprint density at radius 1 is 1.32 bits per heavy atom. The number of carboxylic acids is 1. The van der Waals surface area contributed by atoms with Crippen molar-refractivity contribution in [1.82, 2.24) is 5.32 Å². The van der Waals surface area contributed by atoms with Crippen molar-refractivity contribution >= 4 is 5.97 Å². The van der Waals surface area contributed by atoms with E-state index in [9.17, 15) is 4.79 Å². The second-order valence-corrected chi connectivity index (χ2v) is 4.55. The topological polar surface area (TPSA) is 58.6 Å². The molecule has 0 aliphatic heterocycles. The van der Waals surface area contributed by atoms with Gasteiger partial charge in [0.05, 0.1) is 0 Å². The fourth-order valence-corrected chi connectivity index (χ4v) is 2.04. The lowest BCUT2D eigenvalue weighted by atomic mass is 10.0. The molecule has 0 fully saturated rings. The van der Waals surface area contributed by atoms with E-state index in [0.717, 1.165) is 12.8 Å². The van der Waals surface area contributed by atoms with Crippen LogP contribution in [0.1, 0.15) is 44.7 Å². The SMILES string of the molecule is CCCC(Oc1ccc(C(CC)NC)cc1)C(=O)O. The summed E-state index contributed by atoms with van der Waals surface area (Å²) in [4.78, 5) is 11.0. The van der Waals surface area contributed by atoms with E-state index in [1.54, 1.807) is 0 Å². The zero-order valence-corrected chi connectivity index (χ0v) is 11.8. The summed E-state index contributed by atoms with van der Waals surface area (Å²) in [5.74, 6) is -0.303. The minimum absolute atomic E-state index is 0.319. The summed E-state index contributed by atoms with van der Waals surface area (Å²) >= 11 is 0. The Balaban J connectivity index is 2.72. The van der Waals surface area contributed by atoms with Gasteiger partial charge < -0.3 is 15.2 Å². The van der Waals surface area contributed by atoms with Gasteiger partial charge in [0.1, 0.15) is 5.75 Å². The summed E-state index contributed by atoms with van der Waals surface area (Å²) in [5.41, 5.74) is 1.18. The summed E-state index contributed by atoms with van der Waals surface area (Å²) in [5, 5.41) is 12.3. The lowest BCUT2D eigenvalue weighted by Crippen LogP contribution is -2.26. The summed E-state index contributed by atoms with van der Waals surface area (Å²) in [6.45, 7) is 4.06. The van der Waals surface area contributed by atoms with Crippen LogP contribution in [0.4, 0.5) is 0 Å². The van der Waals surface area contributed by atoms with Crippen molar-refractivity contribution in [3.05, 3.63) is 29.8 Å². The van der Waals surface area contributed by atoms with E-state index in [0.29, 0.717) is 18.2 Å². The third-order valence-corrected chi connectivity index (χ3v) is 3.14.